The van der Waals surface area contributed by atoms with E-state index in [2.05, 4.69) is 0 Å². The monoisotopic (exact) mass is 258 g/mol. The predicted octanol–water partition coefficient (Wildman–Crippen LogP) is 3.06. The van der Waals surface area contributed by atoms with Gasteiger partial charge in [0.2, 0.25) is 0 Å². The lowest BCUT2D eigenvalue weighted by molar-refractivity contribution is -0.114. The second-order valence-electron chi connectivity index (χ2n) is 2.01. The summed E-state index contributed by atoms with van der Waals surface area (Å²) in [5, 5.41) is 0. The second-order valence-corrected chi connectivity index (χ2v) is 4.09. The van der Waals surface area contributed by atoms with Crippen molar-refractivity contribution in [2.24, 2.45) is 0 Å². The number of thioether (sulfide) groups is 2. The van der Waals surface area contributed by atoms with Crippen LogP contribution in [0.5, 0.6) is 0 Å². The van der Waals surface area contributed by atoms with Gasteiger partial charge in [-0.15, -0.1) is 0 Å². The maximum atomic E-state index is 11.5. The molecule has 0 aromatic rings. The Kier molecular flexibility index (Phi) is 5.13. The molecule has 84 valence electrons. The summed E-state index contributed by atoms with van der Waals surface area (Å²) in [6.45, 7) is 0. The van der Waals surface area contributed by atoms with Crippen molar-refractivity contribution in [2.75, 3.05) is 11.5 Å². The Balaban J connectivity index is 3.68. The molecule has 0 spiro atoms. The molecule has 0 saturated carbocycles. The SMILES string of the molecule is O=C(CSC(F)(F)F)CSC(F)(F)F. The Morgan fingerprint density at radius 2 is 1.14 bits per heavy atom. The number of halogens is 6. The zero-order valence-electron chi connectivity index (χ0n) is 6.41. The number of Topliss-reactive ketones (excluding diaryl/α,β-unsaturated/α-hetero) is 1. The van der Waals surface area contributed by atoms with Gasteiger partial charge in [0, 0.05) is 0 Å². The summed E-state index contributed by atoms with van der Waals surface area (Å²) in [6, 6.07) is 0. The third-order valence-corrected chi connectivity index (χ3v) is 2.38. The van der Waals surface area contributed by atoms with Crippen LogP contribution in [0.1, 0.15) is 0 Å². The highest BCUT2D eigenvalue weighted by Crippen LogP contribution is 2.32. The molecule has 0 aromatic heterocycles. The molecule has 0 rings (SSSR count). The summed E-state index contributed by atoms with van der Waals surface area (Å²) in [5.41, 5.74) is -9.17. The number of ketones is 1. The van der Waals surface area contributed by atoms with Crippen molar-refractivity contribution in [3.63, 3.8) is 0 Å². The Morgan fingerprint density at radius 3 is 1.36 bits per heavy atom. The summed E-state index contributed by atoms with van der Waals surface area (Å²) in [7, 11) is 0. The van der Waals surface area contributed by atoms with Crippen LogP contribution >= 0.6 is 23.5 Å². The van der Waals surface area contributed by atoms with Gasteiger partial charge in [-0.05, 0) is 23.5 Å². The third-order valence-electron chi connectivity index (χ3n) is 0.794. The molecule has 0 unspecified atom stereocenters. The van der Waals surface area contributed by atoms with Gasteiger partial charge in [0.25, 0.3) is 0 Å². The first-order valence-electron chi connectivity index (χ1n) is 3.03. The zero-order valence-corrected chi connectivity index (χ0v) is 8.04. The predicted molar refractivity (Wildman–Crippen MR) is 42.0 cm³/mol. The summed E-state index contributed by atoms with van der Waals surface area (Å²) in [4.78, 5) is 10.5. The number of carbonyl (C=O) groups excluding carboxylic acids is 1. The van der Waals surface area contributed by atoms with E-state index in [1.807, 2.05) is 0 Å². The second kappa shape index (κ2) is 5.15. The minimum atomic E-state index is -4.58. The van der Waals surface area contributed by atoms with Crippen molar-refractivity contribution in [1.29, 1.82) is 0 Å². The quantitative estimate of drug-likeness (QED) is 0.721. The lowest BCUT2D eigenvalue weighted by Gasteiger charge is -2.06. The van der Waals surface area contributed by atoms with Gasteiger partial charge >= 0.3 is 11.0 Å². The molecule has 0 heterocycles. The molecule has 0 atom stereocenters. The highest BCUT2D eigenvalue weighted by Gasteiger charge is 2.32. The van der Waals surface area contributed by atoms with Gasteiger partial charge < -0.3 is 0 Å². The van der Waals surface area contributed by atoms with E-state index in [1.165, 1.54) is 0 Å². The average Bonchev–Trinajstić information content (AvgIpc) is 1.94. The molecular formula is C5H4F6OS2. The molecule has 0 aromatic carbocycles. The molecule has 9 heteroatoms. The van der Waals surface area contributed by atoms with E-state index in [0.29, 0.717) is 0 Å². The van der Waals surface area contributed by atoms with Crippen LogP contribution in [0.3, 0.4) is 0 Å². The number of rotatable bonds is 4. The van der Waals surface area contributed by atoms with E-state index in [0.717, 1.165) is 0 Å². The van der Waals surface area contributed by atoms with Crippen LogP contribution in [0.25, 0.3) is 0 Å². The van der Waals surface area contributed by atoms with Crippen molar-refractivity contribution < 1.29 is 31.1 Å². The first-order valence-corrected chi connectivity index (χ1v) is 5.00. The molecule has 0 fully saturated rings. The highest BCUT2D eigenvalue weighted by molar-refractivity contribution is 8.02. The van der Waals surface area contributed by atoms with Crippen LogP contribution in [0.2, 0.25) is 0 Å². The van der Waals surface area contributed by atoms with Gasteiger partial charge in [0.05, 0.1) is 11.5 Å². The van der Waals surface area contributed by atoms with Crippen LogP contribution in [0.15, 0.2) is 0 Å². The van der Waals surface area contributed by atoms with Gasteiger partial charge in [-0.1, -0.05) is 0 Å². The summed E-state index contributed by atoms with van der Waals surface area (Å²) >= 11 is -1.28. The molecule has 0 radical (unpaired) electrons. The standard InChI is InChI=1S/C5H4F6OS2/c6-4(7,8)13-1-3(12)2-14-5(9,10)11/h1-2H2. The normalized spacial score (nSPS) is 13.0. The van der Waals surface area contributed by atoms with Crippen LogP contribution < -0.4 is 0 Å². The maximum absolute atomic E-state index is 11.5. The molecule has 0 bridgehead atoms. The fraction of sp³-hybridized carbons (Fsp3) is 0.800. The Morgan fingerprint density at radius 1 is 0.857 bits per heavy atom. The molecule has 0 N–H and O–H groups in total. The Labute approximate surface area is 83.6 Å². The molecular weight excluding hydrogens is 254 g/mol. The van der Waals surface area contributed by atoms with Gasteiger partial charge in [-0.25, -0.2) is 0 Å². The third kappa shape index (κ3) is 10.0. The minimum absolute atomic E-state index is 0.638. The molecule has 0 saturated heterocycles. The summed E-state index contributed by atoms with van der Waals surface area (Å²) < 4.78 is 68.8. The largest absolute Gasteiger partial charge is 0.442 e. The van der Waals surface area contributed by atoms with Crippen molar-refractivity contribution >= 4 is 29.3 Å². The van der Waals surface area contributed by atoms with Crippen LogP contribution in [0.4, 0.5) is 26.3 Å². The molecule has 0 aliphatic carbocycles. The zero-order chi connectivity index (χ0) is 11.4. The molecule has 1 nitrogen and oxygen atoms in total. The Bertz CT molecular complexity index is 177. The van der Waals surface area contributed by atoms with Crippen LogP contribution in [-0.2, 0) is 4.79 Å². The van der Waals surface area contributed by atoms with E-state index in [1.54, 1.807) is 0 Å². The summed E-state index contributed by atoms with van der Waals surface area (Å²) in [5.74, 6) is -3.05. The summed E-state index contributed by atoms with van der Waals surface area (Å²) in [6.07, 6.45) is 0. The number of alkyl halides is 6. The highest BCUT2D eigenvalue weighted by atomic mass is 32.2. The van der Waals surface area contributed by atoms with Crippen molar-refractivity contribution in [3.05, 3.63) is 0 Å². The van der Waals surface area contributed by atoms with Crippen molar-refractivity contribution in [2.45, 2.75) is 11.0 Å². The topological polar surface area (TPSA) is 17.1 Å². The van der Waals surface area contributed by atoms with E-state index >= 15 is 0 Å². The van der Waals surface area contributed by atoms with Gasteiger partial charge in [-0.2, -0.15) is 26.3 Å². The van der Waals surface area contributed by atoms with Crippen LogP contribution in [-0.4, -0.2) is 28.3 Å². The minimum Gasteiger partial charge on any atom is -0.298 e. The first-order chi connectivity index (χ1) is 6.10. The fourth-order valence-corrected chi connectivity index (χ4v) is 1.35. The van der Waals surface area contributed by atoms with Gasteiger partial charge in [-0.3, -0.25) is 4.79 Å². The average molecular weight is 258 g/mol. The molecule has 0 amide bonds. The molecule has 0 aliphatic rings. The number of hydrogen-bond donors (Lipinski definition) is 0. The number of carbonyl (C=O) groups is 1. The van der Waals surface area contributed by atoms with Crippen molar-refractivity contribution in [3.8, 4) is 0 Å². The number of hydrogen-bond acceptors (Lipinski definition) is 3. The van der Waals surface area contributed by atoms with Gasteiger partial charge in [0.15, 0.2) is 5.78 Å². The van der Waals surface area contributed by atoms with E-state index < -0.39 is 51.8 Å². The fourth-order valence-electron chi connectivity index (χ4n) is 0.366. The van der Waals surface area contributed by atoms with E-state index in [-0.39, 0.29) is 0 Å². The van der Waals surface area contributed by atoms with E-state index in [9.17, 15) is 31.1 Å². The first kappa shape index (κ1) is 13.9. The molecule has 0 aliphatic heterocycles. The molecule has 14 heavy (non-hydrogen) atoms. The van der Waals surface area contributed by atoms with Gasteiger partial charge in [0.1, 0.15) is 0 Å². The smallest absolute Gasteiger partial charge is 0.298 e. The van der Waals surface area contributed by atoms with Crippen LogP contribution in [0, 0.1) is 0 Å². The lowest BCUT2D eigenvalue weighted by atomic mass is 10.5. The Hall–Kier alpha value is -0.0500. The lowest BCUT2D eigenvalue weighted by Crippen LogP contribution is -2.13. The van der Waals surface area contributed by atoms with E-state index in [4.69, 9.17) is 0 Å². The maximum Gasteiger partial charge on any atom is 0.442 e. The van der Waals surface area contributed by atoms with Crippen molar-refractivity contribution in [1.82, 2.24) is 0 Å².